The fourth-order valence-electron chi connectivity index (χ4n) is 11.9. The van der Waals surface area contributed by atoms with Crippen LogP contribution in [0.1, 0.15) is 138 Å². The number of aromatic nitrogens is 2. The van der Waals surface area contributed by atoms with Gasteiger partial charge in [0.2, 0.25) is 5.79 Å². The molecule has 6 rings (SSSR count). The molecule has 3 saturated heterocycles. The van der Waals surface area contributed by atoms with Crippen molar-refractivity contribution in [1.82, 2.24) is 15.1 Å². The van der Waals surface area contributed by atoms with Gasteiger partial charge in [-0.1, -0.05) is 71.1 Å². The summed E-state index contributed by atoms with van der Waals surface area (Å²) in [6, 6.07) is 2.64. The Morgan fingerprint density at radius 1 is 0.855 bits per heavy atom. The van der Waals surface area contributed by atoms with E-state index in [1.807, 2.05) is 70.2 Å². The lowest BCUT2D eigenvalue weighted by molar-refractivity contribution is -0.266. The number of fused-ring (bicyclic) bond motifs is 3. The quantitative estimate of drug-likeness (QED) is 0.135. The zero-order chi connectivity index (χ0) is 55.3. The highest BCUT2D eigenvalue weighted by Crippen LogP contribution is 2.38. The van der Waals surface area contributed by atoms with Crippen LogP contribution in [0.25, 0.3) is 0 Å². The van der Waals surface area contributed by atoms with Gasteiger partial charge in [-0.25, -0.2) is 4.79 Å². The number of carbonyl (C=O) groups excluding carboxylic acids is 5. The van der Waals surface area contributed by atoms with Crippen LogP contribution in [0.3, 0.4) is 0 Å². The first-order valence-electron chi connectivity index (χ1n) is 28.1. The molecule has 1 aromatic heterocycles. The summed E-state index contributed by atoms with van der Waals surface area (Å²) in [6.45, 7) is 14.3. The van der Waals surface area contributed by atoms with Gasteiger partial charge in [0, 0.05) is 70.6 Å². The number of esters is 1. The maximum absolute atomic E-state index is 14.6. The highest BCUT2D eigenvalue weighted by Gasteiger charge is 2.53. The molecule has 15 atom stereocenters. The van der Waals surface area contributed by atoms with Crippen LogP contribution < -0.4 is 4.90 Å². The first kappa shape index (κ1) is 60.7. The lowest BCUT2D eigenvalue weighted by Crippen LogP contribution is -2.61. The van der Waals surface area contributed by atoms with Gasteiger partial charge in [-0.05, 0) is 132 Å². The second-order valence-electron chi connectivity index (χ2n) is 22.8. The molecule has 0 spiro atoms. The molecular formula is C59H88N4O13. The molecule has 5 aliphatic rings. The third-order valence-electron chi connectivity index (χ3n) is 16.9. The van der Waals surface area contributed by atoms with Crippen molar-refractivity contribution in [1.29, 1.82) is 0 Å². The van der Waals surface area contributed by atoms with Gasteiger partial charge in [-0.15, -0.1) is 5.10 Å². The number of anilines is 1. The average molecular weight is 1060 g/mol. The summed E-state index contributed by atoms with van der Waals surface area (Å²) >= 11 is 0. The molecule has 1 aliphatic carbocycles. The van der Waals surface area contributed by atoms with Crippen LogP contribution in [0, 0.1) is 35.5 Å². The molecule has 422 valence electrons. The maximum atomic E-state index is 14.6. The smallest absolute Gasteiger partial charge is 0.329 e. The minimum atomic E-state index is -2.48. The molecule has 1 unspecified atom stereocenters. The number of allylic oxidation sites excluding steroid dienone is 6. The van der Waals surface area contributed by atoms with E-state index in [0.29, 0.717) is 82.9 Å². The van der Waals surface area contributed by atoms with Gasteiger partial charge < -0.3 is 48.8 Å². The number of aliphatic hydroxyl groups excluding tert-OH is 2. The van der Waals surface area contributed by atoms with E-state index in [4.69, 9.17) is 23.7 Å². The predicted octanol–water partition coefficient (Wildman–Crippen LogP) is 7.01. The number of rotatable bonds is 8. The van der Waals surface area contributed by atoms with Gasteiger partial charge in [-0.3, -0.25) is 19.2 Å². The van der Waals surface area contributed by atoms with Gasteiger partial charge in [0.1, 0.15) is 30.1 Å². The van der Waals surface area contributed by atoms with Crippen molar-refractivity contribution < 1.29 is 63.0 Å². The van der Waals surface area contributed by atoms with Gasteiger partial charge in [-0.2, -0.15) is 5.10 Å². The van der Waals surface area contributed by atoms with Gasteiger partial charge >= 0.3 is 5.97 Å². The van der Waals surface area contributed by atoms with Crippen LogP contribution in [0.15, 0.2) is 65.9 Å². The number of hydrogen-bond acceptors (Lipinski definition) is 16. The molecule has 76 heavy (non-hydrogen) atoms. The van der Waals surface area contributed by atoms with E-state index in [0.717, 1.165) is 24.2 Å². The Hall–Kier alpha value is -4.49. The molecule has 1 aromatic rings. The number of nitrogens with zero attached hydrogens (tertiary/aromatic N) is 4. The average Bonchev–Trinajstić information content (AvgIpc) is 3.42. The van der Waals surface area contributed by atoms with Crippen molar-refractivity contribution >= 4 is 35.0 Å². The maximum Gasteiger partial charge on any atom is 0.329 e. The fourth-order valence-corrected chi connectivity index (χ4v) is 11.9. The van der Waals surface area contributed by atoms with Crippen LogP contribution in [0.4, 0.5) is 5.82 Å². The molecule has 17 heteroatoms. The topological polar surface area (TPSA) is 224 Å². The van der Waals surface area contributed by atoms with E-state index >= 15 is 0 Å². The molecular weight excluding hydrogens is 973 g/mol. The highest BCUT2D eigenvalue weighted by atomic mass is 16.6. The number of piperidine rings is 2. The summed E-state index contributed by atoms with van der Waals surface area (Å²) in [5.41, 5.74) is 1.28. The number of carbonyl (C=O) groups is 5. The Morgan fingerprint density at radius 3 is 2.30 bits per heavy atom. The zero-order valence-corrected chi connectivity index (χ0v) is 46.6. The van der Waals surface area contributed by atoms with Crippen LogP contribution in [-0.2, 0) is 47.7 Å². The van der Waals surface area contributed by atoms with E-state index in [1.54, 1.807) is 40.2 Å². The molecule has 1 amide bonds. The largest absolute Gasteiger partial charge is 0.460 e. The van der Waals surface area contributed by atoms with Crippen molar-refractivity contribution in [3.63, 3.8) is 0 Å². The second kappa shape index (κ2) is 28.4. The fraction of sp³-hybridized carbons (Fsp3) is 0.712. The van der Waals surface area contributed by atoms with Crippen LogP contribution in [0.2, 0.25) is 0 Å². The molecule has 17 nitrogen and oxygen atoms in total. The standard InChI is InChI=1S/C59H88N4O13/c1-36-16-11-10-12-17-37(2)49(74-44-24-28-62(29-25-44)52-19-15-26-60-61-52)34-45-22-20-42(7)59(71,76-45)56(68)57(69)63-27-14-13-18-46(63)58(70)75-50(39(4)32-43-21-23-47(64)51(33-43)72-8)35-48(65)38(3)31-41(6)54(67)55(73-9)53(66)40(5)30-36/h10-12,15-17,19,26,31,36,38-40,42-47,49-51,54-55,64,67,71H,13-14,18,20-25,27-30,32-35H2,1-9H3/b12-10+,16-11+,37-17+,41-31+/t36-,38-,39-,40-,42-,43+,45+,46+,47-,49?,50+,51-,54-,55+,59-/m1/s1. The second-order valence-corrected chi connectivity index (χ2v) is 22.8. The van der Waals surface area contributed by atoms with E-state index < -0.39 is 83.9 Å². The Kier molecular flexibility index (Phi) is 22.7. The minimum absolute atomic E-state index is 0.00653. The molecule has 4 fully saturated rings. The number of ketones is 3. The van der Waals surface area contributed by atoms with Gasteiger partial charge in [0.05, 0.1) is 30.5 Å². The zero-order valence-electron chi connectivity index (χ0n) is 46.6. The summed E-state index contributed by atoms with van der Waals surface area (Å²) in [5, 5.41) is 42.7. The van der Waals surface area contributed by atoms with Crippen LogP contribution in [-0.4, -0.2) is 154 Å². The Morgan fingerprint density at radius 2 is 1.61 bits per heavy atom. The van der Waals surface area contributed by atoms with Crippen LogP contribution in [0.5, 0.6) is 0 Å². The summed E-state index contributed by atoms with van der Waals surface area (Å²) in [6.07, 6.45) is 14.0. The SMILES string of the molecule is CO[C@@H]1C[C@H](C[C@@H](C)[C@@H]2CC(=O)[C@H](C)/C=C(\C)[C@@H](O)[C@@H](OC)C(=O)[C@H](C)C[C@H](C)/C=C/C=C/C=C(\C)C(OC3CCN(c4cccnn4)CC3)C[C@@H]3CC[C@@H](C)[C@@](O)(O3)C(=O)C(=O)N3CCCC[C@H]3C(=O)O2)CC[C@H]1O. The van der Waals surface area contributed by atoms with Crippen molar-refractivity contribution in [2.75, 3.05) is 38.8 Å². The molecule has 0 aromatic carbocycles. The predicted molar refractivity (Wildman–Crippen MR) is 286 cm³/mol. The van der Waals surface area contributed by atoms with Gasteiger partial charge in [0.15, 0.2) is 11.6 Å². The monoisotopic (exact) mass is 1060 g/mol. The number of amides is 1. The molecule has 4 aliphatic heterocycles. The van der Waals surface area contributed by atoms with E-state index in [2.05, 4.69) is 15.1 Å². The molecule has 2 bridgehead atoms. The first-order valence-corrected chi connectivity index (χ1v) is 28.1. The van der Waals surface area contributed by atoms with Crippen molar-refractivity contribution in [3.05, 3.63) is 65.9 Å². The molecule has 5 heterocycles. The van der Waals surface area contributed by atoms with Crippen molar-refractivity contribution in [2.24, 2.45) is 35.5 Å². The number of Topliss-reactive ketones (excluding diaryl/α,β-unsaturated/α-hetero) is 3. The third kappa shape index (κ3) is 15.8. The summed E-state index contributed by atoms with van der Waals surface area (Å²) in [7, 11) is 2.95. The van der Waals surface area contributed by atoms with Crippen molar-refractivity contribution in [2.45, 2.75) is 199 Å². The lowest BCUT2D eigenvalue weighted by atomic mass is 9.78. The van der Waals surface area contributed by atoms with Gasteiger partial charge in [0.25, 0.3) is 11.7 Å². The van der Waals surface area contributed by atoms with E-state index in [9.17, 15) is 39.3 Å². The van der Waals surface area contributed by atoms with E-state index in [1.165, 1.54) is 12.0 Å². The first-order chi connectivity index (χ1) is 36.2. The Labute approximate surface area is 450 Å². The molecule has 3 N–H and O–H groups in total. The molecule has 0 radical (unpaired) electrons. The number of methoxy groups -OCH3 is 2. The summed E-state index contributed by atoms with van der Waals surface area (Å²) < 4.78 is 30.8. The lowest BCUT2D eigenvalue weighted by Gasteiger charge is -2.43. The Bertz CT molecular complexity index is 2230. The highest BCUT2D eigenvalue weighted by molar-refractivity contribution is 6.39. The molecule has 1 saturated carbocycles. The number of hydrogen-bond donors (Lipinski definition) is 3. The number of cyclic esters (lactones) is 1. The third-order valence-corrected chi connectivity index (χ3v) is 16.9. The normalized spacial score (nSPS) is 37.7. The summed E-state index contributed by atoms with van der Waals surface area (Å²) in [5.74, 6) is -7.35. The number of ether oxygens (including phenoxy) is 5. The number of aliphatic hydroxyl groups is 3. The van der Waals surface area contributed by atoms with Crippen molar-refractivity contribution in [3.8, 4) is 0 Å². The summed E-state index contributed by atoms with van der Waals surface area (Å²) in [4.78, 5) is 75.2. The van der Waals surface area contributed by atoms with E-state index in [-0.39, 0.29) is 60.9 Å². The van der Waals surface area contributed by atoms with Crippen LogP contribution >= 0.6 is 0 Å². The Balaban J connectivity index is 1.30. The minimum Gasteiger partial charge on any atom is -0.460 e.